The molecule has 0 aliphatic carbocycles. The standard InChI is InChI=1S/C18H17BrN4O/c1-9(2)16-15(19)13-5-4-10(3)21-18(13)23(16)12-6-11-7-14(24)22-17(11)20-8-12/h4-6,8-9H,7H2,1-3H3,(H,20,22,24). The highest BCUT2D eigenvalue weighted by molar-refractivity contribution is 9.10. The van der Waals surface area contributed by atoms with E-state index < -0.39 is 0 Å². The molecule has 0 aromatic carbocycles. The Morgan fingerprint density at radius 1 is 1.33 bits per heavy atom. The fraction of sp³-hybridized carbons (Fsp3) is 0.278. The molecule has 3 aromatic rings. The summed E-state index contributed by atoms with van der Waals surface area (Å²) < 4.78 is 3.21. The van der Waals surface area contributed by atoms with Crippen LogP contribution in [-0.2, 0) is 11.2 Å². The van der Waals surface area contributed by atoms with Gasteiger partial charge in [0.25, 0.3) is 0 Å². The number of anilines is 1. The van der Waals surface area contributed by atoms with Gasteiger partial charge in [-0.1, -0.05) is 13.8 Å². The van der Waals surface area contributed by atoms with E-state index in [1.54, 1.807) is 6.20 Å². The zero-order valence-corrected chi connectivity index (χ0v) is 15.3. The SMILES string of the molecule is Cc1ccc2c(Br)c(C(C)C)n(-c3cnc4c(c3)CC(=O)N4)c2n1. The Balaban J connectivity index is 2.02. The number of hydrogen-bond donors (Lipinski definition) is 1. The third kappa shape index (κ3) is 2.24. The van der Waals surface area contributed by atoms with Gasteiger partial charge in [-0.2, -0.15) is 0 Å². The first kappa shape index (κ1) is 15.3. The van der Waals surface area contributed by atoms with Gasteiger partial charge in [0.15, 0.2) is 0 Å². The first-order valence-electron chi connectivity index (χ1n) is 7.92. The maximum absolute atomic E-state index is 11.6. The molecule has 0 fully saturated rings. The van der Waals surface area contributed by atoms with Gasteiger partial charge in [-0.3, -0.25) is 9.36 Å². The van der Waals surface area contributed by atoms with Crippen LogP contribution in [0.5, 0.6) is 0 Å². The third-order valence-corrected chi connectivity index (χ3v) is 5.13. The van der Waals surface area contributed by atoms with Crippen molar-refractivity contribution in [3.63, 3.8) is 0 Å². The molecule has 0 unspecified atom stereocenters. The summed E-state index contributed by atoms with van der Waals surface area (Å²) in [6.45, 7) is 6.31. The van der Waals surface area contributed by atoms with Gasteiger partial charge in [0.05, 0.1) is 18.3 Å². The molecular formula is C18H17BrN4O. The Hall–Kier alpha value is -2.21. The van der Waals surface area contributed by atoms with Crippen molar-refractivity contribution in [3.8, 4) is 5.69 Å². The number of fused-ring (bicyclic) bond motifs is 2. The van der Waals surface area contributed by atoms with Gasteiger partial charge >= 0.3 is 0 Å². The summed E-state index contributed by atoms with van der Waals surface area (Å²) in [5, 5.41) is 3.86. The minimum absolute atomic E-state index is 0.00810. The summed E-state index contributed by atoms with van der Waals surface area (Å²) in [4.78, 5) is 20.8. The van der Waals surface area contributed by atoms with Gasteiger partial charge in [0, 0.05) is 26.8 Å². The number of hydrogen-bond acceptors (Lipinski definition) is 3. The second kappa shape index (κ2) is 5.41. The highest BCUT2D eigenvalue weighted by Gasteiger charge is 2.23. The summed E-state index contributed by atoms with van der Waals surface area (Å²) in [6.07, 6.45) is 2.17. The van der Waals surface area contributed by atoms with E-state index in [-0.39, 0.29) is 5.91 Å². The van der Waals surface area contributed by atoms with Crippen LogP contribution in [0.1, 0.15) is 36.7 Å². The van der Waals surface area contributed by atoms with Crippen molar-refractivity contribution in [2.24, 2.45) is 0 Å². The monoisotopic (exact) mass is 384 g/mol. The Morgan fingerprint density at radius 3 is 2.88 bits per heavy atom. The maximum atomic E-state index is 11.6. The zero-order chi connectivity index (χ0) is 17.0. The smallest absolute Gasteiger partial charge is 0.230 e. The van der Waals surface area contributed by atoms with Crippen LogP contribution in [0.3, 0.4) is 0 Å². The van der Waals surface area contributed by atoms with Crippen molar-refractivity contribution in [1.82, 2.24) is 14.5 Å². The number of nitrogens with one attached hydrogen (secondary N) is 1. The predicted molar refractivity (Wildman–Crippen MR) is 97.7 cm³/mol. The molecule has 122 valence electrons. The van der Waals surface area contributed by atoms with Crippen molar-refractivity contribution in [1.29, 1.82) is 0 Å². The van der Waals surface area contributed by atoms with Gasteiger partial charge in [-0.15, -0.1) is 0 Å². The van der Waals surface area contributed by atoms with Gasteiger partial charge in [-0.05, 0) is 47.0 Å². The number of aromatic nitrogens is 3. The average molecular weight is 385 g/mol. The second-order valence-electron chi connectivity index (χ2n) is 6.44. The van der Waals surface area contributed by atoms with Crippen LogP contribution >= 0.6 is 15.9 Å². The fourth-order valence-electron chi connectivity index (χ4n) is 3.22. The molecule has 0 radical (unpaired) electrons. The first-order chi connectivity index (χ1) is 11.5. The molecule has 4 heterocycles. The molecule has 1 aliphatic heterocycles. The lowest BCUT2D eigenvalue weighted by Gasteiger charge is -2.14. The molecule has 3 aromatic heterocycles. The number of halogens is 1. The van der Waals surface area contributed by atoms with Crippen molar-refractivity contribution in [2.75, 3.05) is 5.32 Å². The Labute approximate surface area is 148 Å². The lowest BCUT2D eigenvalue weighted by atomic mass is 10.1. The van der Waals surface area contributed by atoms with Crippen LogP contribution in [0.4, 0.5) is 5.82 Å². The van der Waals surface area contributed by atoms with E-state index in [0.29, 0.717) is 18.2 Å². The van der Waals surface area contributed by atoms with Crippen LogP contribution in [0.25, 0.3) is 16.7 Å². The molecular weight excluding hydrogens is 368 g/mol. The largest absolute Gasteiger partial charge is 0.310 e. The number of aryl methyl sites for hydroxylation is 1. The second-order valence-corrected chi connectivity index (χ2v) is 7.23. The fourth-order valence-corrected chi connectivity index (χ4v) is 4.17. The molecule has 0 saturated carbocycles. The molecule has 1 N–H and O–H groups in total. The molecule has 1 amide bonds. The summed E-state index contributed by atoms with van der Waals surface area (Å²) in [6, 6.07) is 6.14. The molecule has 5 nitrogen and oxygen atoms in total. The molecule has 0 saturated heterocycles. The molecule has 0 atom stereocenters. The zero-order valence-electron chi connectivity index (χ0n) is 13.7. The van der Waals surface area contributed by atoms with Crippen LogP contribution in [0, 0.1) is 6.92 Å². The lowest BCUT2D eigenvalue weighted by molar-refractivity contribution is -0.115. The van der Waals surface area contributed by atoms with E-state index >= 15 is 0 Å². The van der Waals surface area contributed by atoms with Crippen LogP contribution < -0.4 is 5.32 Å². The molecule has 4 rings (SSSR count). The van der Waals surface area contributed by atoms with Gasteiger partial charge in [0.1, 0.15) is 11.5 Å². The van der Waals surface area contributed by atoms with E-state index in [9.17, 15) is 4.79 Å². The molecule has 1 aliphatic rings. The summed E-state index contributed by atoms with van der Waals surface area (Å²) >= 11 is 3.75. The van der Waals surface area contributed by atoms with E-state index in [1.807, 2.05) is 19.1 Å². The van der Waals surface area contributed by atoms with Crippen molar-refractivity contribution < 1.29 is 4.79 Å². The van der Waals surface area contributed by atoms with Crippen molar-refractivity contribution in [3.05, 3.63) is 45.8 Å². The average Bonchev–Trinajstić information content (AvgIpc) is 3.03. The third-order valence-electron chi connectivity index (χ3n) is 4.29. The molecule has 0 bridgehead atoms. The van der Waals surface area contributed by atoms with Gasteiger partial charge in [0.2, 0.25) is 5.91 Å². The minimum atomic E-state index is -0.00810. The topological polar surface area (TPSA) is 59.8 Å². The summed E-state index contributed by atoms with van der Waals surface area (Å²) in [7, 11) is 0. The van der Waals surface area contributed by atoms with Crippen LogP contribution in [-0.4, -0.2) is 20.4 Å². The number of carbonyl (C=O) groups is 1. The number of carbonyl (C=O) groups excluding carboxylic acids is 1. The van der Waals surface area contributed by atoms with E-state index in [0.717, 1.165) is 38.1 Å². The number of pyridine rings is 2. The minimum Gasteiger partial charge on any atom is -0.310 e. The molecule has 6 heteroatoms. The van der Waals surface area contributed by atoms with Crippen molar-refractivity contribution in [2.45, 2.75) is 33.1 Å². The van der Waals surface area contributed by atoms with Crippen LogP contribution in [0.15, 0.2) is 28.9 Å². The summed E-state index contributed by atoms with van der Waals surface area (Å²) in [5.74, 6) is 0.961. The number of amides is 1. The van der Waals surface area contributed by atoms with E-state index in [1.165, 1.54) is 0 Å². The number of nitrogens with zero attached hydrogens (tertiary/aromatic N) is 3. The molecule has 0 spiro atoms. The quantitative estimate of drug-likeness (QED) is 0.722. The maximum Gasteiger partial charge on any atom is 0.230 e. The Morgan fingerprint density at radius 2 is 2.12 bits per heavy atom. The van der Waals surface area contributed by atoms with Crippen LogP contribution in [0.2, 0.25) is 0 Å². The van der Waals surface area contributed by atoms with E-state index in [4.69, 9.17) is 4.98 Å². The first-order valence-corrected chi connectivity index (χ1v) is 8.71. The predicted octanol–water partition coefficient (Wildman–Crippen LogP) is 4.11. The normalized spacial score (nSPS) is 13.6. The number of rotatable bonds is 2. The highest BCUT2D eigenvalue weighted by Crippen LogP contribution is 2.37. The van der Waals surface area contributed by atoms with Crippen molar-refractivity contribution >= 4 is 38.7 Å². The Bertz CT molecular complexity index is 990. The highest BCUT2D eigenvalue weighted by atomic mass is 79.9. The lowest BCUT2D eigenvalue weighted by Crippen LogP contribution is -2.05. The molecule has 24 heavy (non-hydrogen) atoms. The van der Waals surface area contributed by atoms with Gasteiger partial charge < -0.3 is 5.32 Å². The Kier molecular flexibility index (Phi) is 3.46. The van der Waals surface area contributed by atoms with Gasteiger partial charge in [-0.25, -0.2) is 9.97 Å². The van der Waals surface area contributed by atoms with E-state index in [2.05, 4.69) is 50.7 Å². The summed E-state index contributed by atoms with van der Waals surface area (Å²) in [5.41, 5.74) is 4.89.